The topological polar surface area (TPSA) is 161 Å². The van der Waals surface area contributed by atoms with Gasteiger partial charge in [-0.15, -0.1) is 5.11 Å². The van der Waals surface area contributed by atoms with Crippen molar-refractivity contribution in [2.24, 2.45) is 10.2 Å². The van der Waals surface area contributed by atoms with Crippen LogP contribution in [0.4, 0.5) is 28.7 Å². The zero-order chi connectivity index (χ0) is 23.6. The number of nitro groups is 1. The van der Waals surface area contributed by atoms with E-state index < -0.39 is 4.92 Å². The molecule has 3 aromatic rings. The lowest BCUT2D eigenvalue weighted by molar-refractivity contribution is -0.384. The van der Waals surface area contributed by atoms with Gasteiger partial charge in [0.15, 0.2) is 12.6 Å². The van der Waals surface area contributed by atoms with Gasteiger partial charge in [-0.25, -0.2) is 4.98 Å². The number of nitrogen functional groups attached to an aromatic ring is 1. The summed E-state index contributed by atoms with van der Waals surface area (Å²) < 4.78 is 10.9. The lowest BCUT2D eigenvalue weighted by Crippen LogP contribution is -2.14. The third-order valence-electron chi connectivity index (χ3n) is 4.47. The van der Waals surface area contributed by atoms with Gasteiger partial charge in [-0.05, 0) is 31.2 Å². The van der Waals surface area contributed by atoms with E-state index in [1.54, 1.807) is 6.92 Å². The zero-order valence-corrected chi connectivity index (χ0v) is 17.8. The molecule has 0 bridgehead atoms. The molecule has 0 aliphatic heterocycles. The van der Waals surface area contributed by atoms with E-state index in [2.05, 4.69) is 26.6 Å². The monoisotopic (exact) mass is 447 g/mol. The number of rotatable bonds is 10. The molecular weight excluding hydrogens is 426 g/mol. The Balaban J connectivity index is 1.61. The summed E-state index contributed by atoms with van der Waals surface area (Å²) in [6, 6.07) is 17.0. The van der Waals surface area contributed by atoms with E-state index in [1.807, 2.05) is 30.3 Å². The molecule has 3 rings (SSSR count). The molecular formula is C22H21N7O4. The summed E-state index contributed by atoms with van der Waals surface area (Å²) in [5, 5.41) is 31.5. The lowest BCUT2D eigenvalue weighted by Gasteiger charge is -2.12. The zero-order valence-electron chi connectivity index (χ0n) is 17.8. The largest absolute Gasteiger partial charge is 0.468 e. The van der Waals surface area contributed by atoms with E-state index >= 15 is 0 Å². The van der Waals surface area contributed by atoms with E-state index in [4.69, 9.17) is 15.2 Å². The number of azo groups is 1. The van der Waals surface area contributed by atoms with E-state index in [1.165, 1.54) is 24.3 Å². The van der Waals surface area contributed by atoms with Gasteiger partial charge in [-0.3, -0.25) is 10.1 Å². The van der Waals surface area contributed by atoms with Crippen LogP contribution in [0.1, 0.15) is 11.1 Å². The van der Waals surface area contributed by atoms with Gasteiger partial charge in [0.25, 0.3) is 5.69 Å². The van der Waals surface area contributed by atoms with Crippen LogP contribution in [0.3, 0.4) is 0 Å². The minimum atomic E-state index is -0.501. The quantitative estimate of drug-likeness (QED) is 0.149. The van der Waals surface area contributed by atoms with Gasteiger partial charge >= 0.3 is 0 Å². The molecule has 11 nitrogen and oxygen atoms in total. The van der Waals surface area contributed by atoms with Gasteiger partial charge in [0, 0.05) is 24.2 Å². The van der Waals surface area contributed by atoms with E-state index in [9.17, 15) is 15.4 Å². The fraction of sp³-hybridized carbons (Fsp3) is 0.182. The second kappa shape index (κ2) is 11.2. The van der Waals surface area contributed by atoms with Crippen molar-refractivity contribution in [2.45, 2.75) is 6.92 Å². The van der Waals surface area contributed by atoms with Gasteiger partial charge < -0.3 is 20.5 Å². The Bertz CT molecular complexity index is 1180. The van der Waals surface area contributed by atoms with Crippen LogP contribution in [0, 0.1) is 28.4 Å². The average molecular weight is 447 g/mol. The molecule has 0 fully saturated rings. The Morgan fingerprint density at radius 3 is 2.58 bits per heavy atom. The molecule has 0 radical (unpaired) electrons. The molecule has 0 unspecified atom stereocenters. The number of non-ortho nitro benzene ring substituents is 1. The number of nitro benzene ring substituents is 1. The fourth-order valence-corrected chi connectivity index (χ4v) is 2.78. The first-order valence-corrected chi connectivity index (χ1v) is 9.85. The maximum atomic E-state index is 10.7. The van der Waals surface area contributed by atoms with Crippen molar-refractivity contribution in [3.05, 3.63) is 75.8 Å². The Morgan fingerprint density at radius 2 is 1.91 bits per heavy atom. The average Bonchev–Trinajstić information content (AvgIpc) is 2.82. The number of benzene rings is 2. The molecule has 2 aromatic carbocycles. The SMILES string of the molecule is Cc1c(C#N)c(NCCOCOc2ccccc2)nc(N)c1/N=N/c1ccc([N+](=O)[O-])cc1. The predicted octanol–water partition coefficient (Wildman–Crippen LogP) is 4.63. The van der Waals surface area contributed by atoms with Crippen molar-refractivity contribution in [3.63, 3.8) is 0 Å². The van der Waals surface area contributed by atoms with Gasteiger partial charge in [0.1, 0.15) is 23.3 Å². The normalized spacial score (nSPS) is 10.7. The molecule has 11 heteroatoms. The van der Waals surface area contributed by atoms with Crippen molar-refractivity contribution in [2.75, 3.05) is 31.0 Å². The molecule has 0 saturated carbocycles. The number of hydrogen-bond acceptors (Lipinski definition) is 10. The molecule has 0 atom stereocenters. The molecule has 1 heterocycles. The summed E-state index contributed by atoms with van der Waals surface area (Å²) in [4.78, 5) is 14.5. The second-order valence-corrected chi connectivity index (χ2v) is 6.69. The number of hydrogen-bond donors (Lipinski definition) is 2. The smallest absolute Gasteiger partial charge is 0.269 e. The number of pyridine rings is 1. The number of nitrogens with zero attached hydrogens (tertiary/aromatic N) is 5. The highest BCUT2D eigenvalue weighted by molar-refractivity contribution is 5.72. The molecule has 0 spiro atoms. The lowest BCUT2D eigenvalue weighted by atomic mass is 10.1. The van der Waals surface area contributed by atoms with Crippen molar-refractivity contribution >= 4 is 28.7 Å². The second-order valence-electron chi connectivity index (χ2n) is 6.69. The number of nitriles is 1. The Kier molecular flexibility index (Phi) is 7.82. The van der Waals surface area contributed by atoms with Crippen LogP contribution in [-0.2, 0) is 4.74 Å². The van der Waals surface area contributed by atoms with Crippen molar-refractivity contribution < 1.29 is 14.4 Å². The third kappa shape index (κ3) is 6.22. The highest BCUT2D eigenvalue weighted by Gasteiger charge is 2.15. The summed E-state index contributed by atoms with van der Waals surface area (Å²) in [5.41, 5.74) is 7.42. The third-order valence-corrected chi connectivity index (χ3v) is 4.47. The minimum Gasteiger partial charge on any atom is -0.468 e. The number of ether oxygens (including phenoxy) is 2. The van der Waals surface area contributed by atoms with Crippen LogP contribution in [0.2, 0.25) is 0 Å². The highest BCUT2D eigenvalue weighted by atomic mass is 16.7. The standard InChI is InChI=1S/C22H21N7O4/c1-15-19(13-23)22(25-11-12-32-14-33-18-5-3-2-4-6-18)26-21(24)20(15)28-27-16-7-9-17(10-8-16)29(30)31/h2-10H,11-12,14H2,1H3,(H3,24,25,26)/b28-27+. The molecule has 33 heavy (non-hydrogen) atoms. The van der Waals surface area contributed by atoms with Crippen LogP contribution in [-0.4, -0.2) is 29.9 Å². The van der Waals surface area contributed by atoms with E-state index in [0.29, 0.717) is 36.0 Å². The highest BCUT2D eigenvalue weighted by Crippen LogP contribution is 2.33. The van der Waals surface area contributed by atoms with Crippen LogP contribution in [0.15, 0.2) is 64.8 Å². The van der Waals surface area contributed by atoms with Crippen molar-refractivity contribution in [3.8, 4) is 11.8 Å². The summed E-state index contributed by atoms with van der Waals surface area (Å²) >= 11 is 0. The Labute approximate surface area is 189 Å². The van der Waals surface area contributed by atoms with E-state index in [-0.39, 0.29) is 29.5 Å². The minimum absolute atomic E-state index is 0.0517. The molecule has 0 amide bonds. The summed E-state index contributed by atoms with van der Waals surface area (Å²) in [7, 11) is 0. The first-order valence-electron chi connectivity index (χ1n) is 9.85. The number of nitrogens with one attached hydrogen (secondary N) is 1. The van der Waals surface area contributed by atoms with E-state index in [0.717, 1.165) is 0 Å². The van der Waals surface area contributed by atoms with Gasteiger partial charge in [0.2, 0.25) is 0 Å². The predicted molar refractivity (Wildman–Crippen MR) is 122 cm³/mol. The number of aromatic nitrogens is 1. The van der Waals surface area contributed by atoms with Crippen molar-refractivity contribution in [1.29, 1.82) is 5.26 Å². The first-order chi connectivity index (χ1) is 16.0. The molecule has 3 N–H and O–H groups in total. The molecule has 168 valence electrons. The Hall–Kier alpha value is -4.56. The Morgan fingerprint density at radius 1 is 1.18 bits per heavy atom. The summed E-state index contributed by atoms with van der Waals surface area (Å²) in [6.07, 6.45) is 0. The number of nitrogens with two attached hydrogens (primary N) is 1. The fourth-order valence-electron chi connectivity index (χ4n) is 2.78. The summed E-state index contributed by atoms with van der Waals surface area (Å²) in [6.45, 7) is 2.48. The first kappa shape index (κ1) is 23.1. The van der Waals surface area contributed by atoms with Crippen molar-refractivity contribution in [1.82, 2.24) is 4.98 Å². The van der Waals surface area contributed by atoms with Crippen LogP contribution < -0.4 is 15.8 Å². The molecule has 0 aliphatic carbocycles. The van der Waals surface area contributed by atoms with Crippen LogP contribution >= 0.6 is 0 Å². The number of para-hydroxylation sites is 1. The molecule has 0 aliphatic rings. The summed E-state index contributed by atoms with van der Waals surface area (Å²) in [5.74, 6) is 1.11. The van der Waals surface area contributed by atoms with Gasteiger partial charge in [0.05, 0.1) is 22.8 Å². The maximum absolute atomic E-state index is 10.7. The van der Waals surface area contributed by atoms with Gasteiger partial charge in [-0.1, -0.05) is 18.2 Å². The van der Waals surface area contributed by atoms with Crippen LogP contribution in [0.25, 0.3) is 0 Å². The number of anilines is 2. The molecule has 0 saturated heterocycles. The van der Waals surface area contributed by atoms with Crippen LogP contribution in [0.5, 0.6) is 5.75 Å². The van der Waals surface area contributed by atoms with Gasteiger partial charge in [-0.2, -0.15) is 10.4 Å². The maximum Gasteiger partial charge on any atom is 0.269 e. The molecule has 1 aromatic heterocycles.